The number of nitrogens with zero attached hydrogens (tertiary/aromatic N) is 1. The molecule has 4 aliphatic rings. The van der Waals surface area contributed by atoms with E-state index in [1.165, 1.54) is 87.3 Å². The predicted octanol–water partition coefficient (Wildman–Crippen LogP) is 17.3. The molecule has 2 spiro atoms. The maximum absolute atomic E-state index is 6.73. The lowest BCUT2D eigenvalue weighted by Gasteiger charge is -2.39. The van der Waals surface area contributed by atoms with Gasteiger partial charge in [-0.15, -0.1) is 0 Å². The molecule has 2 aliphatic carbocycles. The van der Waals surface area contributed by atoms with Crippen LogP contribution in [0.5, 0.6) is 11.5 Å². The molecule has 0 saturated heterocycles. The second-order valence-electron chi connectivity index (χ2n) is 18.7. The first-order chi connectivity index (χ1) is 34.2. The van der Waals surface area contributed by atoms with Crippen molar-refractivity contribution < 1.29 is 4.74 Å². The van der Waals surface area contributed by atoms with Crippen LogP contribution < -0.4 is 9.64 Å². The number of para-hydroxylation sites is 2. The molecule has 0 radical (unpaired) electrons. The molecule has 0 atom stereocenters. The summed E-state index contributed by atoms with van der Waals surface area (Å²) in [5.41, 5.74) is 19.9. The Morgan fingerprint density at radius 2 is 0.797 bits per heavy atom. The number of hydrogen-bond acceptors (Lipinski definition) is 3. The zero-order valence-corrected chi connectivity index (χ0v) is 38.3. The van der Waals surface area contributed by atoms with Crippen molar-refractivity contribution in [2.45, 2.75) is 20.6 Å². The molecule has 69 heavy (non-hydrogen) atoms. The van der Waals surface area contributed by atoms with Gasteiger partial charge in [-0.05, 0) is 138 Å². The van der Waals surface area contributed by atoms with E-state index in [1.807, 2.05) is 11.8 Å². The van der Waals surface area contributed by atoms with Crippen LogP contribution in [-0.4, -0.2) is 0 Å². The third kappa shape index (κ3) is 5.23. The van der Waals surface area contributed by atoms with Crippen molar-refractivity contribution in [2.75, 3.05) is 4.90 Å². The van der Waals surface area contributed by atoms with Crippen LogP contribution >= 0.6 is 11.8 Å². The zero-order valence-electron chi connectivity index (χ0n) is 37.4. The van der Waals surface area contributed by atoms with Crippen LogP contribution in [0.25, 0.3) is 44.2 Å². The number of hydrogen-bond donors (Lipinski definition) is 0. The second kappa shape index (κ2) is 14.6. The molecule has 322 valence electrons. The van der Waals surface area contributed by atoms with Gasteiger partial charge in [0.25, 0.3) is 0 Å². The Labute approximate surface area is 405 Å². The molecule has 3 heteroatoms. The van der Waals surface area contributed by atoms with Gasteiger partial charge in [0.15, 0.2) is 0 Å². The van der Waals surface area contributed by atoms with Gasteiger partial charge in [0, 0.05) is 38.0 Å². The van der Waals surface area contributed by atoms with E-state index in [4.69, 9.17) is 4.74 Å². The molecule has 0 N–H and O–H groups in total. The third-order valence-corrected chi connectivity index (χ3v) is 16.5. The lowest BCUT2D eigenvalue weighted by molar-refractivity contribution is 0.436. The normalized spacial score (nSPS) is 14.4. The molecule has 0 saturated carbocycles. The van der Waals surface area contributed by atoms with Crippen LogP contribution in [0.3, 0.4) is 0 Å². The van der Waals surface area contributed by atoms with Gasteiger partial charge in [0.2, 0.25) is 0 Å². The highest BCUT2D eigenvalue weighted by atomic mass is 32.2. The summed E-state index contributed by atoms with van der Waals surface area (Å²) in [7, 11) is 0. The molecule has 0 fully saturated rings. The summed E-state index contributed by atoms with van der Waals surface area (Å²) in [5, 5.41) is 2.46. The van der Waals surface area contributed by atoms with Gasteiger partial charge >= 0.3 is 0 Å². The summed E-state index contributed by atoms with van der Waals surface area (Å²) in [5.74, 6) is 1.78. The molecule has 0 bridgehead atoms. The van der Waals surface area contributed by atoms with Gasteiger partial charge in [-0.2, -0.15) is 0 Å². The second-order valence-corrected chi connectivity index (χ2v) is 19.7. The summed E-state index contributed by atoms with van der Waals surface area (Å²) in [6.07, 6.45) is 0. The first-order valence-electron chi connectivity index (χ1n) is 23.8. The average Bonchev–Trinajstić information content (AvgIpc) is 3.87. The number of benzene rings is 11. The minimum Gasteiger partial charge on any atom is -0.457 e. The fourth-order valence-electron chi connectivity index (χ4n) is 12.7. The predicted molar refractivity (Wildman–Crippen MR) is 283 cm³/mol. The standard InChI is InChI=1S/C66H41NOS/c1-2-16-42(17-3-1)43-30-34-45(35-31-43)67(47-37-38-49-48-18-4-6-20-52(48)65(59(49)41-47)54-22-8-12-26-60(54)68-61-27-13-9-23-55(61)65)46-36-32-44-33-39-58-64(51(44)40-46)50-19-5-7-21-53(50)66(58)56-24-10-14-28-62(56)69-63-29-15-11-25-57(63)66/h1-41H. The van der Waals surface area contributed by atoms with Crippen LogP contribution in [0.15, 0.2) is 259 Å². The largest absolute Gasteiger partial charge is 0.457 e. The Balaban J connectivity index is 0.992. The van der Waals surface area contributed by atoms with Gasteiger partial charge in [-0.1, -0.05) is 200 Å². The number of ether oxygens (including phenoxy) is 1. The Morgan fingerprint density at radius 3 is 1.49 bits per heavy atom. The summed E-state index contributed by atoms with van der Waals surface area (Å²) in [6.45, 7) is 0. The molecular weight excluding hydrogens is 855 g/mol. The minimum absolute atomic E-state index is 0.457. The highest BCUT2D eigenvalue weighted by Gasteiger charge is 2.52. The molecule has 2 heterocycles. The number of anilines is 3. The SMILES string of the molecule is c1ccc(-c2ccc(N(c3ccc4c(c3)C3(c5ccccc5Oc5ccccc53)c3ccccc3-4)c3ccc4ccc5c(c4c3)-c3ccccc3C53c4ccccc4Sc4ccccc43)cc2)cc1. The lowest BCUT2D eigenvalue weighted by atomic mass is 9.66. The molecule has 15 rings (SSSR count). The Hall–Kier alpha value is -8.37. The molecule has 0 unspecified atom stereocenters. The summed E-state index contributed by atoms with van der Waals surface area (Å²) < 4.78 is 6.73. The molecule has 2 nitrogen and oxygen atoms in total. The fourth-order valence-corrected chi connectivity index (χ4v) is 13.9. The van der Waals surface area contributed by atoms with E-state index in [1.54, 1.807) is 0 Å². The van der Waals surface area contributed by atoms with Crippen LogP contribution in [0, 0.1) is 0 Å². The van der Waals surface area contributed by atoms with E-state index in [0.29, 0.717) is 0 Å². The molecule has 11 aromatic carbocycles. The quantitative estimate of drug-likeness (QED) is 0.175. The minimum atomic E-state index is -0.594. The van der Waals surface area contributed by atoms with Crippen LogP contribution in [0.1, 0.15) is 44.5 Å². The number of rotatable bonds is 4. The van der Waals surface area contributed by atoms with Gasteiger partial charge in [0.1, 0.15) is 11.5 Å². The Morgan fingerprint density at radius 1 is 0.319 bits per heavy atom. The topological polar surface area (TPSA) is 12.5 Å². The van der Waals surface area contributed by atoms with E-state index in [-0.39, 0.29) is 0 Å². The Bertz CT molecular complexity index is 3840. The highest BCUT2D eigenvalue weighted by molar-refractivity contribution is 7.99. The van der Waals surface area contributed by atoms with Crippen LogP contribution in [0.2, 0.25) is 0 Å². The van der Waals surface area contributed by atoms with Crippen molar-refractivity contribution in [3.8, 4) is 44.9 Å². The third-order valence-electron chi connectivity index (χ3n) is 15.4. The van der Waals surface area contributed by atoms with Crippen molar-refractivity contribution >= 4 is 39.6 Å². The first kappa shape index (κ1) is 38.7. The molecule has 11 aromatic rings. The smallest absolute Gasteiger partial charge is 0.132 e. The monoisotopic (exact) mass is 895 g/mol. The maximum atomic E-state index is 6.73. The first-order valence-corrected chi connectivity index (χ1v) is 24.6. The van der Waals surface area contributed by atoms with E-state index >= 15 is 0 Å². The lowest BCUT2D eigenvalue weighted by Crippen LogP contribution is -2.32. The van der Waals surface area contributed by atoms with Gasteiger partial charge < -0.3 is 9.64 Å². The van der Waals surface area contributed by atoms with Gasteiger partial charge in [-0.25, -0.2) is 0 Å². The Kier molecular flexibility index (Phi) is 8.17. The van der Waals surface area contributed by atoms with Crippen LogP contribution in [-0.2, 0) is 10.8 Å². The average molecular weight is 896 g/mol. The van der Waals surface area contributed by atoms with E-state index in [2.05, 4.69) is 254 Å². The van der Waals surface area contributed by atoms with E-state index in [0.717, 1.165) is 39.7 Å². The molecule has 0 aromatic heterocycles. The van der Waals surface area contributed by atoms with Crippen molar-refractivity contribution in [3.63, 3.8) is 0 Å². The van der Waals surface area contributed by atoms with Crippen LogP contribution in [0.4, 0.5) is 17.1 Å². The summed E-state index contributed by atoms with van der Waals surface area (Å²) in [4.78, 5) is 5.09. The molecule has 0 amide bonds. The van der Waals surface area contributed by atoms with Crippen molar-refractivity contribution in [1.29, 1.82) is 0 Å². The van der Waals surface area contributed by atoms with E-state index < -0.39 is 10.8 Å². The summed E-state index contributed by atoms with van der Waals surface area (Å²) >= 11 is 1.89. The van der Waals surface area contributed by atoms with Gasteiger partial charge in [-0.3, -0.25) is 0 Å². The molecule has 2 aliphatic heterocycles. The van der Waals surface area contributed by atoms with Crippen molar-refractivity contribution in [2.24, 2.45) is 0 Å². The maximum Gasteiger partial charge on any atom is 0.132 e. The molecular formula is C66H41NOS. The zero-order chi connectivity index (χ0) is 45.3. The van der Waals surface area contributed by atoms with Gasteiger partial charge in [0.05, 0.1) is 10.8 Å². The van der Waals surface area contributed by atoms with Crippen molar-refractivity contribution in [1.82, 2.24) is 0 Å². The van der Waals surface area contributed by atoms with Crippen molar-refractivity contribution in [3.05, 3.63) is 293 Å². The highest BCUT2D eigenvalue weighted by Crippen LogP contribution is 2.65. The van der Waals surface area contributed by atoms with E-state index in [9.17, 15) is 0 Å². The number of fused-ring (bicyclic) bond motifs is 20. The summed E-state index contributed by atoms with van der Waals surface area (Å²) in [6, 6.07) is 92.3. The fraction of sp³-hybridized carbons (Fsp3) is 0.0303.